The minimum Gasteiger partial charge on any atom is -0.495 e. The number of anilines is 1. The third kappa shape index (κ3) is 4.30. The highest BCUT2D eigenvalue weighted by Gasteiger charge is 2.28. The van der Waals surface area contributed by atoms with Crippen LogP contribution < -0.4 is 15.6 Å². The highest BCUT2D eigenvalue weighted by atomic mass is 32.2. The van der Waals surface area contributed by atoms with Crippen LogP contribution in [0.3, 0.4) is 0 Å². The average molecular weight is 484 g/mol. The van der Waals surface area contributed by atoms with Gasteiger partial charge in [-0.2, -0.15) is 0 Å². The number of hydrogen-bond donors (Lipinski definition) is 1. The van der Waals surface area contributed by atoms with Gasteiger partial charge in [0.05, 0.1) is 23.4 Å². The van der Waals surface area contributed by atoms with E-state index in [9.17, 15) is 9.59 Å². The van der Waals surface area contributed by atoms with Crippen LogP contribution in [0.4, 0.5) is 5.69 Å². The van der Waals surface area contributed by atoms with E-state index in [-0.39, 0.29) is 17.5 Å². The summed E-state index contributed by atoms with van der Waals surface area (Å²) in [4.78, 5) is 34.0. The van der Waals surface area contributed by atoms with Crippen molar-refractivity contribution in [3.8, 4) is 5.75 Å². The van der Waals surface area contributed by atoms with E-state index in [1.54, 1.807) is 18.4 Å². The number of nitrogens with one attached hydrogen (secondary N) is 1. The Morgan fingerprint density at radius 1 is 1.21 bits per heavy atom. The van der Waals surface area contributed by atoms with Crippen molar-refractivity contribution in [2.45, 2.75) is 74.7 Å². The molecule has 5 rings (SSSR count). The number of rotatable bonds is 6. The number of benzene rings is 1. The molecule has 8 heteroatoms. The molecule has 6 nitrogen and oxygen atoms in total. The normalized spacial score (nSPS) is 17.2. The lowest BCUT2D eigenvalue weighted by Crippen LogP contribution is -2.29. The first-order valence-corrected chi connectivity index (χ1v) is 13.4. The van der Waals surface area contributed by atoms with Crippen molar-refractivity contribution < 1.29 is 9.53 Å². The molecule has 1 atom stereocenters. The molecule has 2 aromatic heterocycles. The molecule has 1 amide bonds. The zero-order valence-electron chi connectivity index (χ0n) is 19.1. The number of aromatic nitrogens is 2. The number of thioether (sulfide) groups is 1. The maximum absolute atomic E-state index is 13.8. The van der Waals surface area contributed by atoms with Crippen molar-refractivity contribution >= 4 is 44.9 Å². The van der Waals surface area contributed by atoms with Crippen LogP contribution in [0, 0.1) is 0 Å². The number of ether oxygens (including phenoxy) is 1. The van der Waals surface area contributed by atoms with Crippen LogP contribution in [0.2, 0.25) is 0 Å². The Balaban J connectivity index is 1.49. The van der Waals surface area contributed by atoms with Crippen LogP contribution >= 0.6 is 23.1 Å². The van der Waals surface area contributed by atoms with Gasteiger partial charge in [0.2, 0.25) is 5.91 Å². The van der Waals surface area contributed by atoms with Gasteiger partial charge >= 0.3 is 0 Å². The highest BCUT2D eigenvalue weighted by molar-refractivity contribution is 8.00. The molecule has 1 unspecified atom stereocenters. The lowest BCUT2D eigenvalue weighted by Gasteiger charge is -2.20. The molecule has 0 saturated heterocycles. The maximum Gasteiger partial charge on any atom is 0.263 e. The standard InChI is InChI=1S/C25H29N3O3S2/c1-15(22(29)26-18-12-6-7-13-19(18)31-2)32-25-27-23-21(17-11-5-8-14-20(17)33-23)24(30)28(25)16-9-3-4-10-16/h6-7,12-13,15-16H,3-5,8-11,14H2,1-2H3,(H,26,29). The fourth-order valence-corrected chi connectivity index (χ4v) is 7.24. The lowest BCUT2D eigenvalue weighted by molar-refractivity contribution is -0.115. The largest absolute Gasteiger partial charge is 0.495 e. The third-order valence-corrected chi connectivity index (χ3v) is 8.95. The summed E-state index contributed by atoms with van der Waals surface area (Å²) in [6.45, 7) is 1.87. The molecule has 1 fully saturated rings. The Labute approximate surface area is 201 Å². The predicted octanol–water partition coefficient (Wildman–Crippen LogP) is 5.58. The molecule has 0 bridgehead atoms. The van der Waals surface area contributed by atoms with Gasteiger partial charge in [-0.3, -0.25) is 14.2 Å². The second-order valence-corrected chi connectivity index (χ2v) is 11.2. The van der Waals surface area contributed by atoms with E-state index in [2.05, 4.69) is 5.32 Å². The quantitative estimate of drug-likeness (QED) is 0.366. The van der Waals surface area contributed by atoms with Crippen molar-refractivity contribution in [2.75, 3.05) is 12.4 Å². The fraction of sp³-hybridized carbons (Fsp3) is 0.480. The van der Waals surface area contributed by atoms with E-state index in [4.69, 9.17) is 9.72 Å². The molecule has 1 aromatic carbocycles. The van der Waals surface area contributed by atoms with Crippen LogP contribution in [0.15, 0.2) is 34.2 Å². The van der Waals surface area contributed by atoms with Gasteiger partial charge in [-0.05, 0) is 63.1 Å². The van der Waals surface area contributed by atoms with Crippen molar-refractivity contribution in [1.29, 1.82) is 0 Å². The number of thiophene rings is 1. The summed E-state index contributed by atoms with van der Waals surface area (Å²) in [5, 5.41) is 4.05. The Bertz CT molecular complexity index is 1240. The minimum atomic E-state index is -0.415. The molecule has 0 radical (unpaired) electrons. The van der Waals surface area contributed by atoms with Gasteiger partial charge in [0.1, 0.15) is 10.6 Å². The first kappa shape index (κ1) is 22.5. The van der Waals surface area contributed by atoms with Crippen molar-refractivity contribution in [3.05, 3.63) is 45.1 Å². The number of aryl methyl sites for hydroxylation is 2. The molecule has 0 spiro atoms. The zero-order chi connectivity index (χ0) is 22.9. The van der Waals surface area contributed by atoms with Gasteiger partial charge in [0, 0.05) is 10.9 Å². The van der Waals surface area contributed by atoms with Crippen LogP contribution in [0.25, 0.3) is 10.2 Å². The smallest absolute Gasteiger partial charge is 0.263 e. The minimum absolute atomic E-state index is 0.0890. The number of nitrogens with zero attached hydrogens (tertiary/aromatic N) is 2. The molecule has 2 aliphatic carbocycles. The van der Waals surface area contributed by atoms with Gasteiger partial charge in [-0.1, -0.05) is 36.7 Å². The molecule has 2 aliphatic rings. The summed E-state index contributed by atoms with van der Waals surface area (Å²) >= 11 is 3.05. The Morgan fingerprint density at radius 2 is 1.97 bits per heavy atom. The summed E-state index contributed by atoms with van der Waals surface area (Å²) in [6.07, 6.45) is 8.58. The Morgan fingerprint density at radius 3 is 2.76 bits per heavy atom. The summed E-state index contributed by atoms with van der Waals surface area (Å²) < 4.78 is 7.27. The van der Waals surface area contributed by atoms with Gasteiger partial charge in [-0.15, -0.1) is 11.3 Å². The molecular formula is C25H29N3O3S2. The first-order chi connectivity index (χ1) is 16.1. The van der Waals surface area contributed by atoms with Crippen molar-refractivity contribution in [2.24, 2.45) is 0 Å². The van der Waals surface area contributed by atoms with Crippen molar-refractivity contribution in [1.82, 2.24) is 9.55 Å². The molecule has 0 aliphatic heterocycles. The zero-order valence-corrected chi connectivity index (χ0v) is 20.7. The number of carbonyl (C=O) groups is 1. The van der Waals surface area contributed by atoms with E-state index in [0.717, 1.165) is 55.2 Å². The third-order valence-electron chi connectivity index (χ3n) is 6.69. The monoisotopic (exact) mass is 483 g/mol. The highest BCUT2D eigenvalue weighted by Crippen LogP contribution is 2.38. The molecule has 2 heterocycles. The van der Waals surface area contributed by atoms with E-state index in [0.29, 0.717) is 16.6 Å². The van der Waals surface area contributed by atoms with Gasteiger partial charge in [0.15, 0.2) is 5.16 Å². The summed E-state index contributed by atoms with van der Waals surface area (Å²) in [5.41, 5.74) is 1.95. The molecule has 1 saturated carbocycles. The Hall–Kier alpha value is -2.32. The molecule has 33 heavy (non-hydrogen) atoms. The molecule has 3 aromatic rings. The van der Waals surface area contributed by atoms with Crippen LogP contribution in [0.5, 0.6) is 5.75 Å². The number of methoxy groups -OCH3 is 1. The predicted molar refractivity (Wildman–Crippen MR) is 135 cm³/mol. The van der Waals surface area contributed by atoms with E-state index in [1.165, 1.54) is 28.6 Å². The SMILES string of the molecule is COc1ccccc1NC(=O)C(C)Sc1nc2sc3c(c2c(=O)n1C1CCCC1)CCCC3. The molecular weight excluding hydrogens is 454 g/mol. The summed E-state index contributed by atoms with van der Waals surface area (Å²) in [5.74, 6) is 0.483. The van der Waals surface area contributed by atoms with Gasteiger partial charge in [-0.25, -0.2) is 4.98 Å². The maximum atomic E-state index is 13.8. The van der Waals surface area contributed by atoms with Crippen LogP contribution in [-0.4, -0.2) is 27.8 Å². The lowest BCUT2D eigenvalue weighted by atomic mass is 9.97. The second-order valence-electron chi connectivity index (χ2n) is 8.85. The van der Waals surface area contributed by atoms with Gasteiger partial charge in [0.25, 0.3) is 5.56 Å². The number of fused-ring (bicyclic) bond motifs is 3. The Kier molecular flexibility index (Phi) is 6.47. The van der Waals surface area contributed by atoms with Crippen LogP contribution in [-0.2, 0) is 17.6 Å². The number of carbonyl (C=O) groups excluding carboxylic acids is 1. The molecule has 1 N–H and O–H groups in total. The first-order valence-electron chi connectivity index (χ1n) is 11.7. The fourth-order valence-electron chi connectivity index (χ4n) is 4.96. The van der Waals surface area contributed by atoms with E-state index in [1.807, 2.05) is 35.8 Å². The number of amides is 1. The summed E-state index contributed by atoms with van der Waals surface area (Å²) in [7, 11) is 1.59. The number of para-hydroxylation sites is 2. The van der Waals surface area contributed by atoms with E-state index < -0.39 is 5.25 Å². The second kappa shape index (κ2) is 9.50. The average Bonchev–Trinajstić information content (AvgIpc) is 3.47. The van der Waals surface area contributed by atoms with Crippen LogP contribution in [0.1, 0.15) is 61.9 Å². The summed E-state index contributed by atoms with van der Waals surface area (Å²) in [6, 6.07) is 7.54. The van der Waals surface area contributed by atoms with E-state index >= 15 is 0 Å². The number of hydrogen-bond acceptors (Lipinski definition) is 6. The molecule has 174 valence electrons. The van der Waals surface area contributed by atoms with Gasteiger partial charge < -0.3 is 10.1 Å². The van der Waals surface area contributed by atoms with Crippen molar-refractivity contribution in [3.63, 3.8) is 0 Å². The topological polar surface area (TPSA) is 73.2 Å².